The van der Waals surface area contributed by atoms with E-state index in [-0.39, 0.29) is 18.1 Å². The molecule has 2 atom stereocenters. The van der Waals surface area contributed by atoms with Gasteiger partial charge in [0.25, 0.3) is 5.91 Å². The van der Waals surface area contributed by atoms with Crippen molar-refractivity contribution in [2.45, 2.75) is 52.2 Å². The maximum Gasteiger partial charge on any atom is 0.344 e. The van der Waals surface area contributed by atoms with Crippen LogP contribution in [0.5, 0.6) is 5.75 Å². The molecule has 2 rings (SSSR count). The van der Waals surface area contributed by atoms with Gasteiger partial charge in [-0.1, -0.05) is 19.9 Å². The van der Waals surface area contributed by atoms with E-state index in [0.717, 1.165) is 5.56 Å². The number of ether oxygens (including phenoxy) is 2. The topological polar surface area (TPSA) is 98.8 Å². The Bertz CT molecular complexity index is 802. The molecule has 1 amide bonds. The number of carbonyl (C=O) groups excluding carboxylic acids is 2. The van der Waals surface area contributed by atoms with Gasteiger partial charge in [-0.05, 0) is 49.4 Å². The zero-order chi connectivity index (χ0) is 20.2. The van der Waals surface area contributed by atoms with E-state index in [9.17, 15) is 18.0 Å². The summed E-state index contributed by atoms with van der Waals surface area (Å²) in [6.45, 7) is 7.33. The summed E-state index contributed by atoms with van der Waals surface area (Å²) in [5.41, 5.74) is 2.29. The van der Waals surface area contributed by atoms with E-state index >= 15 is 0 Å². The molecule has 0 aromatic heterocycles. The molecule has 150 valence electrons. The molecule has 1 N–H and O–H groups in total. The maximum absolute atomic E-state index is 12.0. The minimum atomic E-state index is -3.08. The second kappa shape index (κ2) is 8.73. The number of aryl methyl sites for hydroxylation is 1. The molecule has 0 unspecified atom stereocenters. The van der Waals surface area contributed by atoms with Crippen molar-refractivity contribution in [3.63, 3.8) is 0 Å². The Morgan fingerprint density at radius 2 is 1.96 bits per heavy atom. The third-order valence-corrected chi connectivity index (χ3v) is 6.24. The van der Waals surface area contributed by atoms with Gasteiger partial charge in [0.05, 0.1) is 11.5 Å². The summed E-state index contributed by atoms with van der Waals surface area (Å²) in [5.74, 6) is -0.228. The van der Waals surface area contributed by atoms with Gasteiger partial charge in [-0.15, -0.1) is 0 Å². The number of hydrogen-bond donors (Lipinski definition) is 1. The molecule has 27 heavy (non-hydrogen) atoms. The second-order valence-corrected chi connectivity index (χ2v) is 9.43. The monoisotopic (exact) mass is 397 g/mol. The fourth-order valence-corrected chi connectivity index (χ4v) is 4.71. The van der Waals surface area contributed by atoms with E-state index in [4.69, 9.17) is 9.47 Å². The van der Waals surface area contributed by atoms with Crippen LogP contribution in [-0.4, -0.2) is 50.6 Å². The fraction of sp³-hybridized carbons (Fsp3) is 0.579. The lowest BCUT2D eigenvalue weighted by Crippen LogP contribution is -2.43. The van der Waals surface area contributed by atoms with Crippen molar-refractivity contribution in [3.8, 4) is 5.75 Å². The molecule has 1 heterocycles. The largest absolute Gasteiger partial charge is 0.482 e. The van der Waals surface area contributed by atoms with Gasteiger partial charge in [0.1, 0.15) is 5.75 Å². The van der Waals surface area contributed by atoms with Crippen molar-refractivity contribution >= 4 is 21.7 Å². The van der Waals surface area contributed by atoms with Crippen LogP contribution in [-0.2, 0) is 24.2 Å². The molecule has 1 saturated heterocycles. The van der Waals surface area contributed by atoms with Gasteiger partial charge in [0.2, 0.25) is 0 Å². The summed E-state index contributed by atoms with van der Waals surface area (Å²) in [4.78, 5) is 24.0. The molecule has 7 nitrogen and oxygen atoms in total. The van der Waals surface area contributed by atoms with Gasteiger partial charge in [0.15, 0.2) is 22.5 Å². The van der Waals surface area contributed by atoms with Crippen LogP contribution in [0.3, 0.4) is 0 Å². The van der Waals surface area contributed by atoms with E-state index in [0.29, 0.717) is 18.1 Å². The minimum absolute atomic E-state index is 0.0645. The van der Waals surface area contributed by atoms with Gasteiger partial charge in [-0.2, -0.15) is 0 Å². The third-order valence-electron chi connectivity index (χ3n) is 4.48. The van der Waals surface area contributed by atoms with E-state index in [1.165, 1.54) is 12.5 Å². The number of benzene rings is 1. The molecular formula is C19H27NO6S. The Balaban J connectivity index is 1.79. The average molecular weight is 397 g/mol. The van der Waals surface area contributed by atoms with Gasteiger partial charge < -0.3 is 14.8 Å². The van der Waals surface area contributed by atoms with Crippen molar-refractivity contribution in [2.24, 2.45) is 0 Å². The van der Waals surface area contributed by atoms with Crippen molar-refractivity contribution < 1.29 is 27.5 Å². The Morgan fingerprint density at radius 1 is 1.26 bits per heavy atom. The third kappa shape index (κ3) is 6.23. The average Bonchev–Trinajstić information content (AvgIpc) is 2.91. The van der Waals surface area contributed by atoms with E-state index in [1.54, 1.807) is 6.07 Å². The Hall–Kier alpha value is -2.09. The number of hydrogen-bond acceptors (Lipinski definition) is 6. The second-order valence-electron chi connectivity index (χ2n) is 7.20. The SMILES string of the molecule is Cc1cc(OCC(=O)O[C@@H](C)C(=O)N[C@@H]2CCS(=O)(=O)C2)ccc1C(C)C. The Labute approximate surface area is 160 Å². The van der Waals surface area contributed by atoms with Crippen LogP contribution in [0.15, 0.2) is 18.2 Å². The van der Waals surface area contributed by atoms with Gasteiger partial charge in [-0.3, -0.25) is 4.79 Å². The van der Waals surface area contributed by atoms with Crippen molar-refractivity contribution in [1.82, 2.24) is 5.32 Å². The normalized spacial score (nSPS) is 19.5. The van der Waals surface area contributed by atoms with Gasteiger partial charge in [0, 0.05) is 6.04 Å². The smallest absolute Gasteiger partial charge is 0.344 e. The molecular weight excluding hydrogens is 370 g/mol. The van der Waals surface area contributed by atoms with Gasteiger partial charge in [-0.25, -0.2) is 13.2 Å². The lowest BCUT2D eigenvalue weighted by Gasteiger charge is -2.17. The number of amides is 1. The summed E-state index contributed by atoms with van der Waals surface area (Å²) in [6, 6.07) is 5.19. The molecule has 0 radical (unpaired) electrons. The van der Waals surface area contributed by atoms with Crippen LogP contribution < -0.4 is 10.1 Å². The predicted octanol–water partition coefficient (Wildman–Crippen LogP) is 1.73. The van der Waals surface area contributed by atoms with Crippen molar-refractivity contribution in [3.05, 3.63) is 29.3 Å². The lowest BCUT2D eigenvalue weighted by molar-refractivity contribution is -0.156. The summed E-state index contributed by atoms with van der Waals surface area (Å²) >= 11 is 0. The highest BCUT2D eigenvalue weighted by atomic mass is 32.2. The number of carbonyl (C=O) groups is 2. The van der Waals surface area contributed by atoms with Crippen LogP contribution in [0.1, 0.15) is 44.2 Å². The molecule has 0 saturated carbocycles. The first kappa shape index (κ1) is 21.2. The van der Waals surface area contributed by atoms with E-state index in [1.807, 2.05) is 19.1 Å². The summed E-state index contributed by atoms with van der Waals surface area (Å²) < 4.78 is 33.3. The Kier molecular flexibility index (Phi) is 6.86. The van der Waals surface area contributed by atoms with E-state index < -0.39 is 33.9 Å². The fourth-order valence-electron chi connectivity index (χ4n) is 3.04. The summed E-state index contributed by atoms with van der Waals surface area (Å²) in [5, 5.41) is 2.60. The highest BCUT2D eigenvalue weighted by Crippen LogP contribution is 2.23. The van der Waals surface area contributed by atoms with Crippen LogP contribution in [0.25, 0.3) is 0 Å². The molecule has 8 heteroatoms. The van der Waals surface area contributed by atoms with E-state index in [2.05, 4.69) is 19.2 Å². The zero-order valence-electron chi connectivity index (χ0n) is 16.2. The first-order chi connectivity index (χ1) is 12.6. The quantitative estimate of drug-likeness (QED) is 0.704. The summed E-state index contributed by atoms with van der Waals surface area (Å²) in [6.07, 6.45) is -0.640. The molecule has 0 spiro atoms. The van der Waals surface area contributed by atoms with Crippen LogP contribution in [0.2, 0.25) is 0 Å². The molecule has 1 aromatic rings. The number of rotatable bonds is 7. The predicted molar refractivity (Wildman–Crippen MR) is 102 cm³/mol. The first-order valence-electron chi connectivity index (χ1n) is 9.01. The number of esters is 1. The van der Waals surface area contributed by atoms with Crippen molar-refractivity contribution in [2.75, 3.05) is 18.1 Å². The Morgan fingerprint density at radius 3 is 2.52 bits per heavy atom. The van der Waals surface area contributed by atoms with Crippen LogP contribution in [0, 0.1) is 6.92 Å². The zero-order valence-corrected chi connectivity index (χ0v) is 17.0. The molecule has 1 aromatic carbocycles. The van der Waals surface area contributed by atoms with Crippen LogP contribution >= 0.6 is 0 Å². The molecule has 0 bridgehead atoms. The van der Waals surface area contributed by atoms with Crippen molar-refractivity contribution in [1.29, 1.82) is 0 Å². The highest BCUT2D eigenvalue weighted by molar-refractivity contribution is 7.91. The highest BCUT2D eigenvalue weighted by Gasteiger charge is 2.30. The minimum Gasteiger partial charge on any atom is -0.482 e. The molecule has 1 aliphatic rings. The number of nitrogens with one attached hydrogen (secondary N) is 1. The first-order valence-corrected chi connectivity index (χ1v) is 10.8. The molecule has 1 fully saturated rings. The van der Waals surface area contributed by atoms with Crippen LogP contribution in [0.4, 0.5) is 0 Å². The molecule has 1 aliphatic heterocycles. The van der Waals surface area contributed by atoms with Gasteiger partial charge >= 0.3 is 5.97 Å². The molecule has 0 aliphatic carbocycles. The maximum atomic E-state index is 12.0. The standard InChI is InChI=1S/C19H27NO6S/c1-12(2)17-6-5-16(9-13(17)3)25-10-18(21)26-14(4)19(22)20-15-7-8-27(23,24)11-15/h5-6,9,12,14-15H,7-8,10-11H2,1-4H3,(H,20,22)/t14-,15+/m0/s1. The summed E-state index contributed by atoms with van der Waals surface area (Å²) in [7, 11) is -3.08. The lowest BCUT2D eigenvalue weighted by atomic mass is 9.98. The number of sulfone groups is 1.